The summed E-state index contributed by atoms with van der Waals surface area (Å²) in [4.78, 5) is 28.7. The maximum Gasteiger partial charge on any atom is 0.309 e. The van der Waals surface area contributed by atoms with Crippen LogP contribution in [0.5, 0.6) is 0 Å². The van der Waals surface area contributed by atoms with Gasteiger partial charge in [0.25, 0.3) is 0 Å². The Morgan fingerprint density at radius 1 is 1.00 bits per heavy atom. The van der Waals surface area contributed by atoms with E-state index >= 15 is 0 Å². The van der Waals surface area contributed by atoms with E-state index in [0.29, 0.717) is 13.1 Å². The van der Waals surface area contributed by atoms with Crippen LogP contribution in [0, 0.1) is 0 Å². The van der Waals surface area contributed by atoms with E-state index < -0.39 is 11.8 Å². The molecule has 1 aliphatic heterocycles. The summed E-state index contributed by atoms with van der Waals surface area (Å²) in [7, 11) is 0. The van der Waals surface area contributed by atoms with Crippen LogP contribution in [-0.4, -0.2) is 56.0 Å². The number of unbranched alkanes of at least 4 members (excludes halogenated alkanes) is 1. The zero-order valence-corrected chi connectivity index (χ0v) is 17.0. The van der Waals surface area contributed by atoms with Gasteiger partial charge in [0, 0.05) is 45.0 Å². The second-order valence-corrected chi connectivity index (χ2v) is 7.21. The molecule has 2 heterocycles. The van der Waals surface area contributed by atoms with Crippen LogP contribution in [0.3, 0.4) is 0 Å². The minimum absolute atomic E-state index is 0.102. The minimum atomic E-state index is -0.597. The first-order valence-electron chi connectivity index (χ1n) is 10.3. The van der Waals surface area contributed by atoms with E-state index in [9.17, 15) is 9.59 Å². The molecular weight excluding hydrogens is 368 g/mol. The van der Waals surface area contributed by atoms with Crippen molar-refractivity contribution in [1.82, 2.24) is 15.5 Å². The van der Waals surface area contributed by atoms with Gasteiger partial charge in [-0.2, -0.15) is 0 Å². The largest absolute Gasteiger partial charge is 0.468 e. The maximum atomic E-state index is 12.2. The second-order valence-electron chi connectivity index (χ2n) is 7.21. The van der Waals surface area contributed by atoms with Crippen molar-refractivity contribution in [2.45, 2.75) is 25.8 Å². The number of hydrogen-bond acceptors (Lipinski definition) is 5. The molecule has 156 valence electrons. The molecule has 1 atom stereocenters. The van der Waals surface area contributed by atoms with E-state index in [1.165, 1.54) is 5.69 Å². The maximum absolute atomic E-state index is 12.2. The van der Waals surface area contributed by atoms with E-state index in [1.807, 2.05) is 25.1 Å². The van der Waals surface area contributed by atoms with Gasteiger partial charge in [0.2, 0.25) is 0 Å². The van der Waals surface area contributed by atoms with Crippen molar-refractivity contribution in [3.63, 3.8) is 0 Å². The molecule has 2 amide bonds. The highest BCUT2D eigenvalue weighted by Gasteiger charge is 2.28. The van der Waals surface area contributed by atoms with Gasteiger partial charge in [0.1, 0.15) is 5.76 Å². The first kappa shape index (κ1) is 20.9. The zero-order chi connectivity index (χ0) is 20.5. The summed E-state index contributed by atoms with van der Waals surface area (Å²) in [6.07, 6.45) is 3.47. The number of furan rings is 1. The van der Waals surface area contributed by atoms with Crippen LogP contribution in [-0.2, 0) is 9.59 Å². The highest BCUT2D eigenvalue weighted by atomic mass is 16.3. The second kappa shape index (κ2) is 10.7. The van der Waals surface area contributed by atoms with Gasteiger partial charge >= 0.3 is 11.8 Å². The number of hydrogen-bond donors (Lipinski definition) is 2. The molecule has 1 aliphatic rings. The van der Waals surface area contributed by atoms with Crippen molar-refractivity contribution in [3.8, 4) is 0 Å². The van der Waals surface area contributed by atoms with Crippen molar-refractivity contribution in [1.29, 1.82) is 0 Å². The average molecular weight is 399 g/mol. The lowest BCUT2D eigenvalue weighted by Gasteiger charge is -2.39. The van der Waals surface area contributed by atoms with E-state index in [0.717, 1.165) is 44.8 Å². The molecule has 1 aromatic heterocycles. The molecule has 0 aliphatic carbocycles. The minimum Gasteiger partial charge on any atom is -0.468 e. The number of anilines is 1. The quantitative estimate of drug-likeness (QED) is 0.526. The molecular formula is C22H30N4O3. The molecule has 0 bridgehead atoms. The molecule has 1 unspecified atom stereocenters. The Hall–Kier alpha value is -2.80. The Bertz CT molecular complexity index is 756. The summed E-state index contributed by atoms with van der Waals surface area (Å²) in [5.41, 5.74) is 1.22. The van der Waals surface area contributed by atoms with Crippen LogP contribution in [0.25, 0.3) is 0 Å². The Labute approximate surface area is 172 Å². The summed E-state index contributed by atoms with van der Waals surface area (Å²) in [5.74, 6) is -0.379. The summed E-state index contributed by atoms with van der Waals surface area (Å²) >= 11 is 0. The normalized spacial score (nSPS) is 15.7. The summed E-state index contributed by atoms with van der Waals surface area (Å²) in [6, 6.07) is 14.0. The van der Waals surface area contributed by atoms with Crippen LogP contribution in [0.15, 0.2) is 53.1 Å². The fourth-order valence-electron chi connectivity index (χ4n) is 3.55. The number of nitrogens with one attached hydrogen (secondary N) is 2. The third-order valence-electron chi connectivity index (χ3n) is 5.23. The molecule has 7 nitrogen and oxygen atoms in total. The Kier molecular flexibility index (Phi) is 7.69. The Balaban J connectivity index is 1.56. The molecule has 2 N–H and O–H groups in total. The van der Waals surface area contributed by atoms with Gasteiger partial charge in [-0.15, -0.1) is 0 Å². The van der Waals surface area contributed by atoms with E-state index in [2.05, 4.69) is 44.7 Å². The number of nitrogens with zero attached hydrogens (tertiary/aromatic N) is 2. The molecule has 0 radical (unpaired) electrons. The van der Waals surface area contributed by atoms with Crippen LogP contribution >= 0.6 is 0 Å². The first-order valence-corrected chi connectivity index (χ1v) is 10.3. The lowest BCUT2D eigenvalue weighted by atomic mass is 10.1. The zero-order valence-electron chi connectivity index (χ0n) is 17.0. The van der Waals surface area contributed by atoms with Gasteiger partial charge in [-0.3, -0.25) is 14.5 Å². The predicted molar refractivity (Wildman–Crippen MR) is 113 cm³/mol. The third-order valence-corrected chi connectivity index (χ3v) is 5.23. The molecule has 0 saturated carbocycles. The first-order chi connectivity index (χ1) is 14.2. The van der Waals surface area contributed by atoms with Crippen LogP contribution < -0.4 is 15.5 Å². The van der Waals surface area contributed by atoms with E-state index in [-0.39, 0.29) is 6.04 Å². The number of amides is 2. The standard InChI is InChI=1S/C22H30N4O3/c1-2-3-11-23-21(27)22(28)24-17-19(20-10-7-16-29-20)26-14-12-25(13-15-26)18-8-5-4-6-9-18/h4-10,16,19H,2-3,11-15,17H2,1H3,(H,23,27)(H,24,28). The molecule has 1 aromatic carbocycles. The highest BCUT2D eigenvalue weighted by Crippen LogP contribution is 2.24. The average Bonchev–Trinajstić information content (AvgIpc) is 3.29. The van der Waals surface area contributed by atoms with Crippen molar-refractivity contribution >= 4 is 17.5 Å². The van der Waals surface area contributed by atoms with Gasteiger partial charge in [-0.05, 0) is 30.7 Å². The van der Waals surface area contributed by atoms with Gasteiger partial charge < -0.3 is 20.0 Å². The number of benzene rings is 1. The van der Waals surface area contributed by atoms with Crippen molar-refractivity contribution in [2.75, 3.05) is 44.2 Å². The number of carbonyl (C=O) groups is 2. The number of rotatable bonds is 8. The SMILES string of the molecule is CCCCNC(=O)C(=O)NCC(c1ccco1)N1CCN(c2ccccc2)CC1. The number of piperazine rings is 1. The van der Waals surface area contributed by atoms with Crippen LogP contribution in [0.1, 0.15) is 31.6 Å². The van der Waals surface area contributed by atoms with Gasteiger partial charge in [0.15, 0.2) is 0 Å². The molecule has 2 aromatic rings. The topological polar surface area (TPSA) is 77.8 Å². The van der Waals surface area contributed by atoms with Gasteiger partial charge in [-0.1, -0.05) is 31.5 Å². The van der Waals surface area contributed by atoms with Crippen LogP contribution in [0.4, 0.5) is 5.69 Å². The van der Waals surface area contributed by atoms with Crippen molar-refractivity contribution in [3.05, 3.63) is 54.5 Å². The lowest BCUT2D eigenvalue weighted by Crippen LogP contribution is -2.50. The Morgan fingerprint density at radius 2 is 1.72 bits per heavy atom. The van der Waals surface area contributed by atoms with E-state index in [1.54, 1.807) is 6.26 Å². The molecule has 1 fully saturated rings. The highest BCUT2D eigenvalue weighted by molar-refractivity contribution is 6.35. The molecule has 0 spiro atoms. The van der Waals surface area contributed by atoms with Gasteiger partial charge in [0.05, 0.1) is 12.3 Å². The summed E-state index contributed by atoms with van der Waals surface area (Å²) in [6.45, 7) is 6.37. The van der Waals surface area contributed by atoms with E-state index in [4.69, 9.17) is 4.42 Å². The molecule has 7 heteroatoms. The smallest absolute Gasteiger partial charge is 0.309 e. The monoisotopic (exact) mass is 398 g/mol. The summed E-state index contributed by atoms with van der Waals surface area (Å²) in [5, 5.41) is 5.42. The molecule has 29 heavy (non-hydrogen) atoms. The lowest BCUT2D eigenvalue weighted by molar-refractivity contribution is -0.139. The van der Waals surface area contributed by atoms with Crippen LogP contribution in [0.2, 0.25) is 0 Å². The fraction of sp³-hybridized carbons (Fsp3) is 0.455. The molecule has 3 rings (SSSR count). The third kappa shape index (κ3) is 5.84. The number of para-hydroxylation sites is 1. The van der Waals surface area contributed by atoms with Gasteiger partial charge in [-0.25, -0.2) is 0 Å². The Morgan fingerprint density at radius 3 is 2.38 bits per heavy atom. The van der Waals surface area contributed by atoms with Crippen molar-refractivity contribution in [2.24, 2.45) is 0 Å². The van der Waals surface area contributed by atoms with Crippen molar-refractivity contribution < 1.29 is 14.0 Å². The summed E-state index contributed by atoms with van der Waals surface area (Å²) < 4.78 is 5.63. The number of carbonyl (C=O) groups excluding carboxylic acids is 2. The fourth-order valence-corrected chi connectivity index (χ4v) is 3.55. The predicted octanol–water partition coefficient (Wildman–Crippen LogP) is 2.18. The molecule has 1 saturated heterocycles.